The number of ether oxygens (including phenoxy) is 1. The van der Waals surface area contributed by atoms with Crippen LogP contribution in [0.4, 0.5) is 20.2 Å². The summed E-state index contributed by atoms with van der Waals surface area (Å²) in [5, 5.41) is 6.11. The lowest BCUT2D eigenvalue weighted by Gasteiger charge is -2.15. The molecule has 8 rings (SSSR count). The maximum absolute atomic E-state index is 13.2. The number of carbonyl (C=O) groups is 4. The molecule has 0 spiro atoms. The number of benzene rings is 4. The maximum atomic E-state index is 13.2. The van der Waals surface area contributed by atoms with Gasteiger partial charge in [-0.2, -0.15) is 8.78 Å². The van der Waals surface area contributed by atoms with Crippen LogP contribution in [0.3, 0.4) is 0 Å². The number of nitrogens with zero attached hydrogens (tertiary/aromatic N) is 4. The highest BCUT2D eigenvalue weighted by atomic mass is 19.3. The summed E-state index contributed by atoms with van der Waals surface area (Å²) in [6, 6.07) is 40.3. The summed E-state index contributed by atoms with van der Waals surface area (Å²) < 4.78 is 29.1. The van der Waals surface area contributed by atoms with E-state index in [1.165, 1.54) is 29.2 Å². The Balaban J connectivity index is 0.000000178. The van der Waals surface area contributed by atoms with Crippen molar-refractivity contribution in [2.24, 2.45) is 0 Å². The Labute approximate surface area is 331 Å². The lowest BCUT2D eigenvalue weighted by molar-refractivity contribution is -0.139. The minimum Gasteiger partial charge on any atom is -0.435 e. The number of halogens is 2. The van der Waals surface area contributed by atoms with Gasteiger partial charge in [-0.25, -0.2) is 0 Å². The van der Waals surface area contributed by atoms with Crippen LogP contribution in [0.5, 0.6) is 5.75 Å². The van der Waals surface area contributed by atoms with Gasteiger partial charge in [-0.15, -0.1) is 0 Å². The molecule has 0 atom stereocenters. The van der Waals surface area contributed by atoms with E-state index in [0.29, 0.717) is 33.6 Å². The minimum absolute atomic E-state index is 0.00941. The summed E-state index contributed by atoms with van der Waals surface area (Å²) in [4.78, 5) is 63.0. The molecule has 0 unspecified atom stereocenters. The molecule has 58 heavy (non-hydrogen) atoms. The van der Waals surface area contributed by atoms with E-state index in [9.17, 15) is 28.0 Å². The predicted octanol–water partition coefficient (Wildman–Crippen LogP) is 7.55. The quantitative estimate of drug-likeness (QED) is 0.121. The van der Waals surface area contributed by atoms with Crippen molar-refractivity contribution in [1.82, 2.24) is 19.8 Å². The van der Waals surface area contributed by atoms with E-state index in [1.807, 2.05) is 72.8 Å². The number of rotatable bonds is 12. The fraction of sp³-hybridized carbons (Fsp3) is 0.0667. The molecular weight excluding hydrogens is 743 g/mol. The highest BCUT2D eigenvalue weighted by Crippen LogP contribution is 2.33. The van der Waals surface area contributed by atoms with E-state index >= 15 is 0 Å². The first kappa shape index (κ1) is 38.5. The van der Waals surface area contributed by atoms with Gasteiger partial charge < -0.3 is 15.4 Å². The summed E-state index contributed by atoms with van der Waals surface area (Å²) in [5.74, 6) is -1.58. The van der Waals surface area contributed by atoms with E-state index in [2.05, 4.69) is 25.3 Å². The number of hydrogen-bond donors (Lipinski definition) is 2. The highest BCUT2D eigenvalue weighted by molar-refractivity contribution is 6.37. The number of alkyl halides is 2. The van der Waals surface area contributed by atoms with Crippen LogP contribution < -0.4 is 15.4 Å². The molecule has 0 fully saturated rings. The van der Waals surface area contributed by atoms with E-state index < -0.39 is 18.4 Å². The van der Waals surface area contributed by atoms with Crippen molar-refractivity contribution >= 4 is 46.1 Å². The Hall–Kier alpha value is -7.80. The maximum Gasteiger partial charge on any atom is 0.387 e. The summed E-state index contributed by atoms with van der Waals surface area (Å²) in [5.41, 5.74) is 5.05. The van der Waals surface area contributed by atoms with Gasteiger partial charge in [0.15, 0.2) is 0 Å². The predicted molar refractivity (Wildman–Crippen MR) is 213 cm³/mol. The van der Waals surface area contributed by atoms with E-state index in [-0.39, 0.29) is 41.9 Å². The van der Waals surface area contributed by atoms with Crippen LogP contribution in [0, 0.1) is 0 Å². The number of aromatic nitrogens is 2. The topological polar surface area (TPSA) is 134 Å². The molecule has 2 aliphatic rings. The number of carbonyl (C=O) groups excluding carboxylic acids is 4. The minimum atomic E-state index is -2.93. The monoisotopic (exact) mass is 776 g/mol. The van der Waals surface area contributed by atoms with Gasteiger partial charge in [0.2, 0.25) is 0 Å². The van der Waals surface area contributed by atoms with Gasteiger partial charge in [0, 0.05) is 36.2 Å². The van der Waals surface area contributed by atoms with Gasteiger partial charge in [0.05, 0.1) is 24.2 Å². The van der Waals surface area contributed by atoms with Crippen molar-refractivity contribution in [3.05, 3.63) is 198 Å². The van der Waals surface area contributed by atoms with Gasteiger partial charge in [0.25, 0.3) is 23.6 Å². The SMILES string of the molecule is O=C1C(Nc2ccc(OC(F)F)cc2)=C(c2ccccc2)C(=O)N1Cc1cccnc1.O=C1C(Nc2ccccc2)=C(c2ccccc2)C(=O)N1Cc1cccnc1. The van der Waals surface area contributed by atoms with Crippen molar-refractivity contribution in [3.63, 3.8) is 0 Å². The lowest BCUT2D eigenvalue weighted by atomic mass is 10.0. The second-order valence-corrected chi connectivity index (χ2v) is 12.9. The summed E-state index contributed by atoms with van der Waals surface area (Å²) in [7, 11) is 0. The van der Waals surface area contributed by atoms with Crippen LogP contribution in [0.1, 0.15) is 22.3 Å². The summed E-state index contributed by atoms with van der Waals surface area (Å²) in [6.45, 7) is -2.67. The Morgan fingerprint density at radius 2 is 0.914 bits per heavy atom. The van der Waals surface area contributed by atoms with Crippen LogP contribution in [-0.2, 0) is 32.3 Å². The van der Waals surface area contributed by atoms with Gasteiger partial charge >= 0.3 is 6.61 Å². The average Bonchev–Trinajstić information content (AvgIpc) is 3.62. The molecule has 4 heterocycles. The number of anilines is 2. The first-order chi connectivity index (χ1) is 28.3. The fourth-order valence-electron chi connectivity index (χ4n) is 6.29. The molecule has 0 saturated carbocycles. The highest BCUT2D eigenvalue weighted by Gasteiger charge is 2.40. The average molecular weight is 777 g/mol. The molecule has 11 nitrogen and oxygen atoms in total. The molecule has 2 aliphatic heterocycles. The standard InChI is InChI=1S/C23H17F2N3O3.C22H17N3O2/c24-23(25)31-18-10-8-17(9-11-18)27-20-19(16-6-2-1-3-7-16)21(29)28(22(20)30)14-15-5-4-12-26-13-15;26-21-19(17-9-3-1-4-10-17)20(24-18-11-5-2-6-12-18)22(27)25(21)15-16-8-7-13-23-14-16/h1-13,23,27H,14H2;1-14,24H,15H2. The molecular formula is C45H34F2N6O5. The number of hydrogen-bond acceptors (Lipinski definition) is 9. The van der Waals surface area contributed by atoms with Gasteiger partial charge in [-0.1, -0.05) is 91.0 Å². The second-order valence-electron chi connectivity index (χ2n) is 12.9. The molecule has 2 aromatic heterocycles. The Morgan fingerprint density at radius 1 is 0.500 bits per heavy atom. The smallest absolute Gasteiger partial charge is 0.387 e. The van der Waals surface area contributed by atoms with Gasteiger partial charge in [-0.05, 0) is 70.8 Å². The van der Waals surface area contributed by atoms with Crippen molar-refractivity contribution < 1.29 is 32.7 Å². The molecule has 0 aliphatic carbocycles. The lowest BCUT2D eigenvalue weighted by Crippen LogP contribution is -2.32. The fourth-order valence-corrected chi connectivity index (χ4v) is 6.29. The zero-order valence-electron chi connectivity index (χ0n) is 30.7. The van der Waals surface area contributed by atoms with Gasteiger partial charge in [0.1, 0.15) is 17.1 Å². The summed E-state index contributed by atoms with van der Waals surface area (Å²) >= 11 is 0. The molecule has 6 aromatic rings. The molecule has 0 saturated heterocycles. The van der Waals surface area contributed by atoms with E-state index in [0.717, 1.165) is 16.2 Å². The van der Waals surface area contributed by atoms with Crippen molar-refractivity contribution in [1.29, 1.82) is 0 Å². The number of pyridine rings is 2. The number of amides is 4. The molecule has 0 radical (unpaired) electrons. The Kier molecular flexibility index (Phi) is 11.8. The van der Waals surface area contributed by atoms with E-state index in [4.69, 9.17) is 0 Å². The normalized spacial score (nSPS) is 13.9. The third-order valence-corrected chi connectivity index (χ3v) is 8.98. The first-order valence-corrected chi connectivity index (χ1v) is 18.0. The number of nitrogens with one attached hydrogen (secondary N) is 2. The van der Waals surface area contributed by atoms with Crippen LogP contribution >= 0.6 is 0 Å². The molecule has 4 amide bonds. The zero-order chi connectivity index (χ0) is 40.4. The molecule has 0 bridgehead atoms. The third-order valence-electron chi connectivity index (χ3n) is 8.98. The molecule has 2 N–H and O–H groups in total. The van der Waals surface area contributed by atoms with Crippen molar-refractivity contribution in [2.75, 3.05) is 10.6 Å². The zero-order valence-corrected chi connectivity index (χ0v) is 30.7. The van der Waals surface area contributed by atoms with Crippen LogP contribution in [0.15, 0.2) is 176 Å². The third kappa shape index (κ3) is 8.84. The van der Waals surface area contributed by atoms with Crippen LogP contribution in [-0.4, -0.2) is 50.0 Å². The first-order valence-electron chi connectivity index (χ1n) is 18.0. The molecule has 13 heteroatoms. The molecule has 4 aromatic carbocycles. The second kappa shape index (κ2) is 17.8. The molecule has 288 valence electrons. The largest absolute Gasteiger partial charge is 0.435 e. The summed E-state index contributed by atoms with van der Waals surface area (Å²) in [6.07, 6.45) is 6.52. The van der Waals surface area contributed by atoms with Crippen LogP contribution in [0.2, 0.25) is 0 Å². The van der Waals surface area contributed by atoms with Crippen LogP contribution in [0.25, 0.3) is 11.1 Å². The van der Waals surface area contributed by atoms with Gasteiger partial charge in [-0.3, -0.25) is 38.9 Å². The number of imide groups is 2. The number of para-hydroxylation sites is 1. The van der Waals surface area contributed by atoms with Crippen molar-refractivity contribution in [2.45, 2.75) is 19.7 Å². The Bertz CT molecular complexity index is 2470. The van der Waals surface area contributed by atoms with Crippen molar-refractivity contribution in [3.8, 4) is 5.75 Å². The van der Waals surface area contributed by atoms with E-state index in [1.54, 1.807) is 67.3 Å². The Morgan fingerprint density at radius 3 is 1.31 bits per heavy atom.